The number of benzene rings is 1. The fourth-order valence-electron chi connectivity index (χ4n) is 2.24. The maximum absolute atomic E-state index is 12.3. The maximum Gasteiger partial charge on any atom is 0.500 e. The van der Waals surface area contributed by atoms with Crippen molar-refractivity contribution in [2.24, 2.45) is 5.73 Å². The first-order chi connectivity index (χ1) is 11.1. The second-order valence-electron chi connectivity index (χ2n) is 4.97. The van der Waals surface area contributed by atoms with Gasteiger partial charge in [0.05, 0.1) is 0 Å². The number of nitrogens with one attached hydrogen (secondary N) is 1. The monoisotopic (exact) mass is 341 g/mol. The molecule has 0 heterocycles. The Morgan fingerprint density at radius 3 is 2.26 bits per heavy atom. The summed E-state index contributed by atoms with van der Waals surface area (Å²) in [4.78, 5) is 14.0. The molecule has 0 saturated carbocycles. The third-order valence-electron chi connectivity index (χ3n) is 3.56. The van der Waals surface area contributed by atoms with Crippen LogP contribution in [0.25, 0.3) is 0 Å². The lowest BCUT2D eigenvalue weighted by Crippen LogP contribution is -2.44. The summed E-state index contributed by atoms with van der Waals surface area (Å²) < 4.78 is 16.2. The van der Waals surface area contributed by atoms with Gasteiger partial charge in [0.2, 0.25) is 0 Å². The maximum atomic E-state index is 12.3. The third kappa shape index (κ3) is 6.28. The second-order valence-corrected chi connectivity index (χ2v) is 8.06. The van der Waals surface area contributed by atoms with Crippen LogP contribution in [0.1, 0.15) is 6.42 Å². The number of hydrogen-bond donors (Lipinski definition) is 2. The molecule has 0 atom stereocenters. The van der Waals surface area contributed by atoms with Crippen LogP contribution >= 0.6 is 0 Å². The Bertz CT molecular complexity index is 449. The highest BCUT2D eigenvalue weighted by Gasteiger charge is 2.37. The zero-order chi connectivity index (χ0) is 17.1. The van der Waals surface area contributed by atoms with Crippen LogP contribution in [0.4, 0.5) is 10.5 Å². The molecule has 23 heavy (non-hydrogen) atoms. The number of nitrogens with two attached hydrogens (primary N) is 1. The van der Waals surface area contributed by atoms with Crippen LogP contribution in [0, 0.1) is 0 Å². The molecule has 0 aromatic heterocycles. The molecule has 1 aromatic carbocycles. The van der Waals surface area contributed by atoms with Gasteiger partial charge in [-0.15, -0.1) is 0 Å². The van der Waals surface area contributed by atoms with E-state index in [-0.39, 0.29) is 6.03 Å². The molecule has 0 bridgehead atoms. The summed E-state index contributed by atoms with van der Waals surface area (Å²) in [7, 11) is 2.14. The largest absolute Gasteiger partial charge is 0.500 e. The SMILES string of the molecule is CO[Si](CCCN(CCN)C(=O)Nc1ccccc1)(OC)OC. The molecule has 0 unspecified atom stereocenters. The summed E-state index contributed by atoms with van der Waals surface area (Å²) in [5.41, 5.74) is 6.37. The minimum absolute atomic E-state index is 0.166. The molecular formula is C15H27N3O4Si. The molecule has 7 nitrogen and oxygen atoms in total. The van der Waals surface area contributed by atoms with E-state index in [0.717, 1.165) is 5.69 Å². The number of carbonyl (C=O) groups is 1. The van der Waals surface area contributed by atoms with Gasteiger partial charge in [0.15, 0.2) is 0 Å². The molecule has 3 N–H and O–H groups in total. The van der Waals surface area contributed by atoms with Crippen LogP contribution in [0.15, 0.2) is 30.3 Å². The molecule has 0 fully saturated rings. The Morgan fingerprint density at radius 2 is 1.74 bits per heavy atom. The second kappa shape index (κ2) is 10.3. The van der Waals surface area contributed by atoms with Crippen LogP contribution in [0.2, 0.25) is 6.04 Å². The Kier molecular flexibility index (Phi) is 8.81. The van der Waals surface area contributed by atoms with E-state index in [1.807, 2.05) is 30.3 Å². The normalized spacial score (nSPS) is 11.3. The van der Waals surface area contributed by atoms with Gasteiger partial charge in [0, 0.05) is 52.7 Å². The van der Waals surface area contributed by atoms with Crippen LogP contribution in [-0.4, -0.2) is 60.7 Å². The summed E-state index contributed by atoms with van der Waals surface area (Å²) in [5, 5.41) is 2.87. The smallest absolute Gasteiger partial charge is 0.377 e. The molecule has 0 radical (unpaired) electrons. The van der Waals surface area contributed by atoms with Crippen molar-refractivity contribution in [1.29, 1.82) is 0 Å². The first-order valence-corrected chi connectivity index (χ1v) is 9.50. The van der Waals surface area contributed by atoms with Gasteiger partial charge in [-0.25, -0.2) is 4.79 Å². The Hall–Kier alpha value is -1.45. The summed E-state index contributed by atoms with van der Waals surface area (Å²) in [6.45, 7) is 1.45. The summed E-state index contributed by atoms with van der Waals surface area (Å²) in [6.07, 6.45) is 0.712. The van der Waals surface area contributed by atoms with E-state index >= 15 is 0 Å². The zero-order valence-electron chi connectivity index (χ0n) is 14.1. The molecule has 130 valence electrons. The first kappa shape index (κ1) is 19.6. The van der Waals surface area contributed by atoms with Gasteiger partial charge in [-0.2, -0.15) is 0 Å². The lowest BCUT2D eigenvalue weighted by Gasteiger charge is -2.27. The standard InChI is InChI=1S/C15H27N3O4Si/c1-20-23(21-2,22-3)13-7-11-18(12-10-16)15(19)17-14-8-5-4-6-9-14/h4-6,8-9H,7,10-13,16H2,1-3H3,(H,17,19). The topological polar surface area (TPSA) is 86.1 Å². The highest BCUT2D eigenvalue weighted by Crippen LogP contribution is 2.15. The summed E-state index contributed by atoms with van der Waals surface area (Å²) in [5.74, 6) is 0. The summed E-state index contributed by atoms with van der Waals surface area (Å²) in [6, 6.07) is 9.81. The van der Waals surface area contributed by atoms with Crippen molar-refractivity contribution in [1.82, 2.24) is 4.90 Å². The van der Waals surface area contributed by atoms with Crippen molar-refractivity contribution < 1.29 is 18.1 Å². The highest BCUT2D eigenvalue weighted by molar-refractivity contribution is 6.60. The Balaban J connectivity index is 2.55. The fraction of sp³-hybridized carbons (Fsp3) is 0.533. The lowest BCUT2D eigenvalue weighted by molar-refractivity contribution is 0.121. The van der Waals surface area contributed by atoms with E-state index in [1.165, 1.54) is 0 Å². The van der Waals surface area contributed by atoms with E-state index in [1.54, 1.807) is 26.2 Å². The van der Waals surface area contributed by atoms with E-state index in [9.17, 15) is 4.79 Å². The zero-order valence-corrected chi connectivity index (χ0v) is 15.1. The van der Waals surface area contributed by atoms with Gasteiger partial charge in [-0.05, 0) is 18.6 Å². The minimum atomic E-state index is -2.61. The number of anilines is 1. The van der Waals surface area contributed by atoms with E-state index < -0.39 is 8.80 Å². The molecule has 8 heteroatoms. The van der Waals surface area contributed by atoms with Crippen molar-refractivity contribution in [3.63, 3.8) is 0 Å². The van der Waals surface area contributed by atoms with Crippen molar-refractivity contribution in [2.45, 2.75) is 12.5 Å². The third-order valence-corrected chi connectivity index (χ3v) is 6.39. The van der Waals surface area contributed by atoms with Crippen LogP contribution in [-0.2, 0) is 13.3 Å². The van der Waals surface area contributed by atoms with Gasteiger partial charge in [-0.3, -0.25) is 0 Å². The predicted molar refractivity (Wildman–Crippen MR) is 92.3 cm³/mol. The number of amides is 2. The van der Waals surface area contributed by atoms with Gasteiger partial charge in [-0.1, -0.05) is 18.2 Å². The predicted octanol–water partition coefficient (Wildman–Crippen LogP) is 1.75. The van der Waals surface area contributed by atoms with Crippen molar-refractivity contribution in [3.8, 4) is 0 Å². The Labute approximate surface area is 139 Å². The molecular weight excluding hydrogens is 314 g/mol. The van der Waals surface area contributed by atoms with Crippen LogP contribution in [0.5, 0.6) is 0 Å². The lowest BCUT2D eigenvalue weighted by atomic mass is 10.3. The average Bonchev–Trinajstić information content (AvgIpc) is 2.59. The van der Waals surface area contributed by atoms with Crippen molar-refractivity contribution in [3.05, 3.63) is 30.3 Å². The first-order valence-electron chi connectivity index (χ1n) is 7.57. The molecule has 0 aliphatic rings. The Morgan fingerprint density at radius 1 is 1.13 bits per heavy atom. The van der Waals surface area contributed by atoms with Crippen molar-refractivity contribution in [2.75, 3.05) is 46.3 Å². The number of urea groups is 1. The van der Waals surface area contributed by atoms with Gasteiger partial charge >= 0.3 is 14.8 Å². The molecule has 0 aliphatic carbocycles. The molecule has 0 aliphatic heterocycles. The average molecular weight is 341 g/mol. The molecule has 1 rings (SSSR count). The quantitative estimate of drug-likeness (QED) is 0.633. The molecule has 0 spiro atoms. The number of carbonyl (C=O) groups excluding carboxylic acids is 1. The highest BCUT2D eigenvalue weighted by atomic mass is 28.4. The molecule has 1 aromatic rings. The van der Waals surface area contributed by atoms with Crippen LogP contribution in [0.3, 0.4) is 0 Å². The van der Waals surface area contributed by atoms with E-state index in [2.05, 4.69) is 5.32 Å². The molecule has 0 saturated heterocycles. The van der Waals surface area contributed by atoms with Gasteiger partial charge < -0.3 is 29.2 Å². The minimum Gasteiger partial charge on any atom is -0.377 e. The van der Waals surface area contributed by atoms with Crippen molar-refractivity contribution >= 4 is 20.5 Å². The number of nitrogens with zero attached hydrogens (tertiary/aromatic N) is 1. The number of hydrogen-bond acceptors (Lipinski definition) is 5. The van der Waals surface area contributed by atoms with E-state index in [4.69, 9.17) is 19.0 Å². The summed E-state index contributed by atoms with van der Waals surface area (Å²) >= 11 is 0. The number of para-hydroxylation sites is 1. The van der Waals surface area contributed by atoms with Crippen LogP contribution < -0.4 is 11.1 Å². The van der Waals surface area contributed by atoms with Gasteiger partial charge in [0.1, 0.15) is 0 Å². The molecule has 2 amide bonds. The van der Waals surface area contributed by atoms with E-state index in [0.29, 0.717) is 32.1 Å². The van der Waals surface area contributed by atoms with Gasteiger partial charge in [0.25, 0.3) is 0 Å². The number of rotatable bonds is 10. The fourth-order valence-corrected chi connectivity index (χ4v) is 3.94.